The molecule has 1 aromatic heterocycles. The molecule has 1 aliphatic heterocycles. The number of aromatic nitrogens is 1. The van der Waals surface area contributed by atoms with Crippen molar-refractivity contribution in [3.05, 3.63) is 29.5 Å². The molecule has 2 heterocycles. The number of fused-ring (bicyclic) bond motifs is 1. The first-order valence-corrected chi connectivity index (χ1v) is 6.69. The van der Waals surface area contributed by atoms with Crippen LogP contribution in [0.5, 0.6) is 5.75 Å². The van der Waals surface area contributed by atoms with Crippen molar-refractivity contribution in [1.82, 2.24) is 10.3 Å². The Morgan fingerprint density at radius 2 is 2.17 bits per heavy atom. The van der Waals surface area contributed by atoms with E-state index in [-0.39, 0.29) is 0 Å². The summed E-state index contributed by atoms with van der Waals surface area (Å²) < 4.78 is 5.67. The second-order valence-electron chi connectivity index (χ2n) is 5.10. The molecule has 3 heteroatoms. The second-order valence-corrected chi connectivity index (χ2v) is 5.10. The van der Waals surface area contributed by atoms with Crippen molar-refractivity contribution in [2.75, 3.05) is 13.7 Å². The van der Waals surface area contributed by atoms with E-state index in [4.69, 9.17) is 4.74 Å². The molecule has 0 amide bonds. The summed E-state index contributed by atoms with van der Waals surface area (Å²) in [5.74, 6) is 1.02. The van der Waals surface area contributed by atoms with Gasteiger partial charge in [-0.25, -0.2) is 0 Å². The number of aromatic amines is 1. The minimum absolute atomic E-state index is 0.438. The molecule has 2 N–H and O–H groups in total. The number of ether oxygens (including phenoxy) is 1. The van der Waals surface area contributed by atoms with Gasteiger partial charge in [0, 0.05) is 28.2 Å². The summed E-state index contributed by atoms with van der Waals surface area (Å²) in [4.78, 5) is 3.36. The quantitative estimate of drug-likeness (QED) is 0.850. The molecule has 1 atom stereocenters. The lowest BCUT2D eigenvalue weighted by Gasteiger charge is -2.25. The van der Waals surface area contributed by atoms with Gasteiger partial charge in [0.25, 0.3) is 0 Å². The molecule has 1 aliphatic rings. The van der Waals surface area contributed by atoms with Gasteiger partial charge in [0.15, 0.2) is 0 Å². The highest BCUT2D eigenvalue weighted by molar-refractivity contribution is 5.88. The molecule has 0 spiro atoms. The Morgan fingerprint density at radius 1 is 1.28 bits per heavy atom. The maximum Gasteiger partial charge on any atom is 0.133 e. The fraction of sp³-hybridized carbons (Fsp3) is 0.467. The normalized spacial score (nSPS) is 20.2. The first-order valence-electron chi connectivity index (χ1n) is 6.69. The number of hydrogen-bond acceptors (Lipinski definition) is 2. The van der Waals surface area contributed by atoms with Crippen LogP contribution >= 0.6 is 0 Å². The lowest BCUT2D eigenvalue weighted by atomic mass is 9.95. The van der Waals surface area contributed by atoms with E-state index in [1.54, 1.807) is 7.11 Å². The molecule has 2 aromatic rings. The topological polar surface area (TPSA) is 37.0 Å². The van der Waals surface area contributed by atoms with Gasteiger partial charge in [0.2, 0.25) is 0 Å². The van der Waals surface area contributed by atoms with E-state index in [2.05, 4.69) is 35.4 Å². The van der Waals surface area contributed by atoms with Crippen LogP contribution in [0, 0.1) is 6.92 Å². The molecule has 18 heavy (non-hydrogen) atoms. The molecule has 1 saturated heterocycles. The average Bonchev–Trinajstić information content (AvgIpc) is 2.78. The highest BCUT2D eigenvalue weighted by atomic mass is 16.5. The molecule has 1 fully saturated rings. The maximum atomic E-state index is 5.67. The first-order chi connectivity index (χ1) is 8.79. The zero-order valence-electron chi connectivity index (χ0n) is 11.0. The third kappa shape index (κ3) is 1.89. The van der Waals surface area contributed by atoms with Gasteiger partial charge < -0.3 is 15.0 Å². The standard InChI is InChI=1S/C15H20N2O/c1-10-9-12-14(17-10)7-6-11(15(12)18-2)13-5-3-4-8-16-13/h6-7,9,13,16-17H,3-5,8H2,1-2H3. The lowest BCUT2D eigenvalue weighted by Crippen LogP contribution is -2.27. The van der Waals surface area contributed by atoms with Crippen LogP contribution in [0.15, 0.2) is 18.2 Å². The Labute approximate surface area is 108 Å². The predicted molar refractivity (Wildman–Crippen MR) is 74.2 cm³/mol. The Morgan fingerprint density at radius 3 is 2.89 bits per heavy atom. The molecular formula is C15H20N2O. The second kappa shape index (κ2) is 4.65. The summed E-state index contributed by atoms with van der Waals surface area (Å²) in [6, 6.07) is 6.96. The van der Waals surface area contributed by atoms with Gasteiger partial charge in [-0.15, -0.1) is 0 Å². The average molecular weight is 244 g/mol. The van der Waals surface area contributed by atoms with Crippen LogP contribution in [0.1, 0.15) is 36.6 Å². The molecule has 1 aromatic carbocycles. The maximum absolute atomic E-state index is 5.67. The van der Waals surface area contributed by atoms with Crippen LogP contribution in [-0.4, -0.2) is 18.6 Å². The van der Waals surface area contributed by atoms with E-state index in [9.17, 15) is 0 Å². The summed E-state index contributed by atoms with van der Waals surface area (Å²) in [5, 5.41) is 4.79. The first kappa shape index (κ1) is 11.6. The number of methoxy groups -OCH3 is 1. The zero-order chi connectivity index (χ0) is 12.5. The fourth-order valence-corrected chi connectivity index (χ4v) is 2.95. The molecule has 0 bridgehead atoms. The lowest BCUT2D eigenvalue weighted by molar-refractivity contribution is 0.377. The van der Waals surface area contributed by atoms with Gasteiger partial charge >= 0.3 is 0 Å². The van der Waals surface area contributed by atoms with Gasteiger partial charge in [0.1, 0.15) is 5.75 Å². The number of piperidine rings is 1. The van der Waals surface area contributed by atoms with Crippen LogP contribution in [0.3, 0.4) is 0 Å². The number of nitrogens with one attached hydrogen (secondary N) is 2. The van der Waals surface area contributed by atoms with Crippen LogP contribution in [-0.2, 0) is 0 Å². The van der Waals surface area contributed by atoms with Crippen LogP contribution in [0.4, 0.5) is 0 Å². The van der Waals surface area contributed by atoms with E-state index in [1.807, 2.05) is 0 Å². The summed E-state index contributed by atoms with van der Waals surface area (Å²) in [6.07, 6.45) is 3.78. The molecular weight excluding hydrogens is 224 g/mol. The molecule has 0 radical (unpaired) electrons. The Kier molecular flexibility index (Phi) is 3.00. The summed E-state index contributed by atoms with van der Waals surface area (Å²) in [6.45, 7) is 3.19. The number of aryl methyl sites for hydroxylation is 1. The van der Waals surface area contributed by atoms with Crippen molar-refractivity contribution in [3.63, 3.8) is 0 Å². The monoisotopic (exact) mass is 244 g/mol. The van der Waals surface area contributed by atoms with E-state index in [1.165, 1.54) is 35.9 Å². The Bertz CT molecular complexity index is 553. The number of benzene rings is 1. The number of hydrogen-bond donors (Lipinski definition) is 2. The van der Waals surface area contributed by atoms with Gasteiger partial charge in [-0.05, 0) is 38.4 Å². The third-order valence-electron chi connectivity index (χ3n) is 3.81. The summed E-state index contributed by atoms with van der Waals surface area (Å²) in [7, 11) is 1.77. The van der Waals surface area contributed by atoms with Crippen LogP contribution in [0.25, 0.3) is 10.9 Å². The predicted octanol–water partition coefficient (Wildman–Crippen LogP) is 3.30. The third-order valence-corrected chi connectivity index (χ3v) is 3.81. The Hall–Kier alpha value is -1.48. The molecule has 0 saturated carbocycles. The van der Waals surface area contributed by atoms with E-state index < -0.39 is 0 Å². The van der Waals surface area contributed by atoms with Crippen molar-refractivity contribution < 1.29 is 4.74 Å². The molecule has 96 valence electrons. The van der Waals surface area contributed by atoms with Gasteiger partial charge in [-0.2, -0.15) is 0 Å². The smallest absolute Gasteiger partial charge is 0.133 e. The van der Waals surface area contributed by atoms with Crippen molar-refractivity contribution in [3.8, 4) is 5.75 Å². The largest absolute Gasteiger partial charge is 0.496 e. The fourth-order valence-electron chi connectivity index (χ4n) is 2.95. The van der Waals surface area contributed by atoms with Crippen molar-refractivity contribution in [1.29, 1.82) is 0 Å². The van der Waals surface area contributed by atoms with Gasteiger partial charge in [0.05, 0.1) is 7.11 Å². The van der Waals surface area contributed by atoms with Gasteiger partial charge in [-0.1, -0.05) is 12.5 Å². The molecule has 3 rings (SSSR count). The minimum atomic E-state index is 0.438. The highest BCUT2D eigenvalue weighted by Gasteiger charge is 2.20. The van der Waals surface area contributed by atoms with E-state index in [0.717, 1.165) is 17.8 Å². The van der Waals surface area contributed by atoms with E-state index in [0.29, 0.717) is 6.04 Å². The molecule has 0 aliphatic carbocycles. The SMILES string of the molecule is COc1c(C2CCCCN2)ccc2[nH]c(C)cc12. The van der Waals surface area contributed by atoms with Gasteiger partial charge in [-0.3, -0.25) is 0 Å². The number of H-pyrrole nitrogens is 1. The summed E-state index contributed by atoms with van der Waals surface area (Å²) in [5.41, 5.74) is 3.63. The van der Waals surface area contributed by atoms with Crippen molar-refractivity contribution >= 4 is 10.9 Å². The van der Waals surface area contributed by atoms with Crippen LogP contribution < -0.4 is 10.1 Å². The van der Waals surface area contributed by atoms with Crippen molar-refractivity contribution in [2.24, 2.45) is 0 Å². The molecule has 1 unspecified atom stereocenters. The summed E-state index contributed by atoms with van der Waals surface area (Å²) >= 11 is 0. The minimum Gasteiger partial charge on any atom is -0.496 e. The number of rotatable bonds is 2. The highest BCUT2D eigenvalue weighted by Crippen LogP contribution is 2.36. The Balaban J connectivity index is 2.10. The van der Waals surface area contributed by atoms with Crippen LogP contribution in [0.2, 0.25) is 0 Å². The molecule has 3 nitrogen and oxygen atoms in total. The van der Waals surface area contributed by atoms with Crippen molar-refractivity contribution in [2.45, 2.75) is 32.2 Å². The zero-order valence-corrected chi connectivity index (χ0v) is 11.0. The van der Waals surface area contributed by atoms with E-state index >= 15 is 0 Å².